The molecule has 2 aromatic rings. The van der Waals surface area contributed by atoms with Crippen LogP contribution in [0.2, 0.25) is 0 Å². The van der Waals surface area contributed by atoms with Gasteiger partial charge in [0, 0.05) is 10.2 Å². The highest BCUT2D eigenvalue weighted by atomic mass is 79.9. The van der Waals surface area contributed by atoms with Crippen LogP contribution in [0.15, 0.2) is 28.7 Å². The minimum atomic E-state index is -1.46. The highest BCUT2D eigenvalue weighted by Gasteiger charge is 2.16. The molecule has 0 atom stereocenters. The van der Waals surface area contributed by atoms with Gasteiger partial charge < -0.3 is 5.73 Å². The van der Waals surface area contributed by atoms with Gasteiger partial charge in [0.25, 0.3) is 0 Å². The van der Waals surface area contributed by atoms with E-state index in [4.69, 9.17) is 5.73 Å². The Kier molecular flexibility index (Phi) is 3.34. The van der Waals surface area contributed by atoms with Crippen LogP contribution in [0, 0.1) is 24.4 Å². The first kappa shape index (κ1) is 13.0. The van der Waals surface area contributed by atoms with E-state index in [1.165, 1.54) is 6.92 Å². The van der Waals surface area contributed by atoms with Gasteiger partial charge in [-0.1, -0.05) is 6.07 Å². The summed E-state index contributed by atoms with van der Waals surface area (Å²) in [6.07, 6.45) is 0. The number of anilines is 1. The zero-order chi connectivity index (χ0) is 13.4. The molecule has 2 rings (SSSR count). The third kappa shape index (κ3) is 2.10. The minimum Gasteiger partial charge on any atom is -0.398 e. The van der Waals surface area contributed by atoms with E-state index in [0.29, 0.717) is 15.7 Å². The van der Waals surface area contributed by atoms with Gasteiger partial charge in [-0.2, -0.15) is 0 Å². The lowest BCUT2D eigenvalue weighted by atomic mass is 9.99. The van der Waals surface area contributed by atoms with Crippen LogP contribution in [-0.4, -0.2) is 0 Å². The number of hydrogen-bond acceptors (Lipinski definition) is 1. The van der Waals surface area contributed by atoms with Crippen molar-refractivity contribution in [3.05, 3.63) is 51.8 Å². The number of hydrogen-bond donors (Lipinski definition) is 1. The van der Waals surface area contributed by atoms with Crippen molar-refractivity contribution in [3.63, 3.8) is 0 Å². The van der Waals surface area contributed by atoms with Gasteiger partial charge in [-0.25, -0.2) is 13.2 Å². The predicted octanol–water partition coefficient (Wildman–Crippen LogP) is 4.42. The Hall–Kier alpha value is -1.49. The highest BCUT2D eigenvalue weighted by Crippen LogP contribution is 2.31. The maximum absolute atomic E-state index is 13.5. The summed E-state index contributed by atoms with van der Waals surface area (Å²) in [4.78, 5) is 0. The summed E-state index contributed by atoms with van der Waals surface area (Å²) in [7, 11) is 0. The fraction of sp³-hybridized carbons (Fsp3) is 0.0769. The van der Waals surface area contributed by atoms with Gasteiger partial charge in [0.1, 0.15) is 0 Å². The smallest absolute Gasteiger partial charge is 0.194 e. The molecule has 0 unspecified atom stereocenters. The van der Waals surface area contributed by atoms with E-state index in [1.807, 2.05) is 0 Å². The van der Waals surface area contributed by atoms with E-state index in [1.54, 1.807) is 18.2 Å². The second-order valence-corrected chi connectivity index (χ2v) is 4.75. The summed E-state index contributed by atoms with van der Waals surface area (Å²) >= 11 is 3.23. The van der Waals surface area contributed by atoms with Gasteiger partial charge in [0.05, 0.1) is 0 Å². The van der Waals surface area contributed by atoms with Gasteiger partial charge >= 0.3 is 0 Å². The Balaban J connectivity index is 2.67. The third-order valence-electron chi connectivity index (χ3n) is 2.71. The molecule has 0 spiro atoms. The van der Waals surface area contributed by atoms with Crippen LogP contribution in [0.4, 0.5) is 18.9 Å². The quantitative estimate of drug-likeness (QED) is 0.611. The minimum absolute atomic E-state index is 0.0515. The second kappa shape index (κ2) is 4.65. The Bertz CT molecular complexity index is 626. The molecule has 18 heavy (non-hydrogen) atoms. The fourth-order valence-electron chi connectivity index (χ4n) is 1.70. The van der Waals surface area contributed by atoms with Crippen LogP contribution in [0.1, 0.15) is 5.56 Å². The van der Waals surface area contributed by atoms with Crippen LogP contribution < -0.4 is 5.73 Å². The Morgan fingerprint density at radius 1 is 1.06 bits per heavy atom. The SMILES string of the molecule is Cc1c(-c2ccc(Br)c(N)c2)cc(F)c(F)c1F. The lowest BCUT2D eigenvalue weighted by Gasteiger charge is -2.10. The van der Waals surface area contributed by atoms with Crippen LogP contribution in [0.3, 0.4) is 0 Å². The number of rotatable bonds is 1. The molecular formula is C13H9BrF3N. The molecule has 0 saturated carbocycles. The molecule has 0 aliphatic carbocycles. The van der Waals surface area contributed by atoms with E-state index in [-0.39, 0.29) is 11.1 Å². The predicted molar refractivity (Wildman–Crippen MR) is 68.6 cm³/mol. The van der Waals surface area contributed by atoms with Gasteiger partial charge in [0.15, 0.2) is 17.5 Å². The molecule has 0 fully saturated rings. The average Bonchev–Trinajstić information content (AvgIpc) is 2.35. The molecule has 0 amide bonds. The molecular weight excluding hydrogens is 307 g/mol. The number of benzene rings is 2. The van der Waals surface area contributed by atoms with Crippen molar-refractivity contribution in [3.8, 4) is 11.1 Å². The molecule has 0 bridgehead atoms. The van der Waals surface area contributed by atoms with Crippen molar-refractivity contribution < 1.29 is 13.2 Å². The van der Waals surface area contributed by atoms with E-state index >= 15 is 0 Å². The van der Waals surface area contributed by atoms with Crippen molar-refractivity contribution in [2.24, 2.45) is 0 Å². The summed E-state index contributed by atoms with van der Waals surface area (Å²) in [5, 5.41) is 0. The van der Waals surface area contributed by atoms with Gasteiger partial charge in [0.2, 0.25) is 0 Å². The molecule has 0 saturated heterocycles. The Morgan fingerprint density at radius 2 is 1.72 bits per heavy atom. The van der Waals surface area contributed by atoms with Crippen LogP contribution >= 0.6 is 15.9 Å². The molecule has 0 aliphatic heterocycles. The molecule has 2 N–H and O–H groups in total. The summed E-state index contributed by atoms with van der Waals surface area (Å²) < 4.78 is 40.4. The fourth-order valence-corrected chi connectivity index (χ4v) is 1.94. The number of nitrogens with two attached hydrogens (primary N) is 1. The Labute approximate surface area is 111 Å². The number of halogens is 4. The third-order valence-corrected chi connectivity index (χ3v) is 3.44. The first-order chi connectivity index (χ1) is 8.41. The van der Waals surface area contributed by atoms with Crippen molar-refractivity contribution in [1.29, 1.82) is 0 Å². The molecule has 94 valence electrons. The first-order valence-corrected chi connectivity index (χ1v) is 5.90. The monoisotopic (exact) mass is 315 g/mol. The topological polar surface area (TPSA) is 26.0 Å². The standard InChI is InChI=1S/C13H9BrF3N/c1-6-8(5-10(15)13(17)12(6)16)7-2-3-9(14)11(18)4-7/h2-5H,18H2,1H3. The maximum atomic E-state index is 13.5. The van der Waals surface area contributed by atoms with Crippen molar-refractivity contribution in [2.75, 3.05) is 5.73 Å². The average molecular weight is 316 g/mol. The van der Waals surface area contributed by atoms with E-state index in [9.17, 15) is 13.2 Å². The second-order valence-electron chi connectivity index (χ2n) is 3.90. The van der Waals surface area contributed by atoms with Crippen molar-refractivity contribution >= 4 is 21.6 Å². The lowest BCUT2D eigenvalue weighted by Crippen LogP contribution is -1.98. The van der Waals surface area contributed by atoms with Gasteiger partial charge in [-0.15, -0.1) is 0 Å². The molecule has 5 heteroatoms. The highest BCUT2D eigenvalue weighted by molar-refractivity contribution is 9.10. The zero-order valence-corrected chi connectivity index (χ0v) is 11.0. The maximum Gasteiger partial charge on any atom is 0.194 e. The van der Waals surface area contributed by atoms with E-state index in [0.717, 1.165) is 6.07 Å². The molecule has 1 nitrogen and oxygen atoms in total. The van der Waals surface area contributed by atoms with Crippen LogP contribution in [0.5, 0.6) is 0 Å². The summed E-state index contributed by atoms with van der Waals surface area (Å²) in [5.41, 5.74) is 7.02. The summed E-state index contributed by atoms with van der Waals surface area (Å²) in [6.45, 7) is 1.39. The summed E-state index contributed by atoms with van der Waals surface area (Å²) in [5.74, 6) is -3.84. The molecule has 0 aliphatic rings. The molecule has 0 heterocycles. The van der Waals surface area contributed by atoms with Crippen molar-refractivity contribution in [2.45, 2.75) is 6.92 Å². The van der Waals surface area contributed by atoms with E-state index in [2.05, 4.69) is 15.9 Å². The van der Waals surface area contributed by atoms with Crippen molar-refractivity contribution in [1.82, 2.24) is 0 Å². The van der Waals surface area contributed by atoms with Gasteiger partial charge in [-0.3, -0.25) is 0 Å². The largest absolute Gasteiger partial charge is 0.398 e. The molecule has 0 radical (unpaired) electrons. The van der Waals surface area contributed by atoms with Gasteiger partial charge in [-0.05, 0) is 57.7 Å². The van der Waals surface area contributed by atoms with E-state index < -0.39 is 17.5 Å². The zero-order valence-electron chi connectivity index (χ0n) is 9.40. The Morgan fingerprint density at radius 3 is 2.33 bits per heavy atom. The normalized spacial score (nSPS) is 10.7. The first-order valence-electron chi connectivity index (χ1n) is 5.11. The van der Waals surface area contributed by atoms with Crippen LogP contribution in [-0.2, 0) is 0 Å². The van der Waals surface area contributed by atoms with Crippen LogP contribution in [0.25, 0.3) is 11.1 Å². The molecule has 2 aromatic carbocycles. The lowest BCUT2D eigenvalue weighted by molar-refractivity contribution is 0.444. The summed E-state index contributed by atoms with van der Waals surface area (Å²) in [6, 6.07) is 5.86. The number of nitrogen functional groups attached to an aromatic ring is 1. The molecule has 0 aromatic heterocycles.